The lowest BCUT2D eigenvalue weighted by atomic mass is 9.97. The number of nitrogens with zero attached hydrogens (tertiary/aromatic N) is 1. The minimum Gasteiger partial charge on any atom is -0.394 e. The van der Waals surface area contributed by atoms with E-state index in [4.69, 9.17) is 25.7 Å². The van der Waals surface area contributed by atoms with E-state index < -0.39 is 30.8 Å². The molecule has 4 N–H and O–H groups in total. The van der Waals surface area contributed by atoms with Gasteiger partial charge in [0, 0.05) is 0 Å². The Kier molecular flexibility index (Phi) is 5.18. The minimum absolute atomic E-state index is 0.165. The van der Waals surface area contributed by atoms with Crippen molar-refractivity contribution in [3.8, 4) is 6.07 Å². The molecule has 6 nitrogen and oxygen atoms in total. The maximum absolute atomic E-state index is 10.2. The molecule has 0 radical (unpaired) electrons. The van der Waals surface area contributed by atoms with Crippen molar-refractivity contribution < 1.29 is 25.2 Å². The van der Waals surface area contributed by atoms with Crippen LogP contribution in [0.2, 0.25) is 0 Å². The Morgan fingerprint density at radius 1 is 1.31 bits per heavy atom. The van der Waals surface area contributed by atoms with Gasteiger partial charge in [-0.3, -0.25) is 0 Å². The van der Waals surface area contributed by atoms with Crippen LogP contribution in [0.3, 0.4) is 0 Å². The fourth-order valence-electron chi connectivity index (χ4n) is 0.735. The van der Waals surface area contributed by atoms with Crippen LogP contribution < -0.4 is 0 Å². The Morgan fingerprint density at radius 3 is 2.15 bits per heavy atom. The molecule has 4 atom stereocenters. The van der Waals surface area contributed by atoms with Crippen LogP contribution in [-0.4, -0.2) is 51.6 Å². The van der Waals surface area contributed by atoms with Gasteiger partial charge in [-0.05, 0) is 0 Å². The highest BCUT2D eigenvalue weighted by molar-refractivity contribution is 5.58. The maximum Gasteiger partial charge on any atom is 0.139 e. The van der Waals surface area contributed by atoms with Crippen molar-refractivity contribution in [3.63, 3.8) is 0 Å². The highest BCUT2D eigenvalue weighted by Crippen LogP contribution is 2.08. The molecule has 0 fully saturated rings. The molecule has 0 aromatic heterocycles. The molecular weight excluding hydrogens is 178 g/mol. The average molecular weight is 189 g/mol. The van der Waals surface area contributed by atoms with E-state index in [0.717, 1.165) is 0 Å². The van der Waals surface area contributed by atoms with Crippen LogP contribution in [0.1, 0.15) is 0 Å². The highest BCUT2D eigenvalue weighted by atomic mass is 16.4. The van der Waals surface area contributed by atoms with Crippen LogP contribution in [0, 0.1) is 17.2 Å². The SMILES string of the molecule is N#C[C@@H](C=O)[C@@H](O)[C@H](O)[C@H](O)CO. The van der Waals surface area contributed by atoms with Crippen LogP contribution in [0.4, 0.5) is 0 Å². The summed E-state index contributed by atoms with van der Waals surface area (Å²) in [5.74, 6) is -1.41. The molecule has 0 unspecified atom stereocenters. The molecule has 13 heavy (non-hydrogen) atoms. The second kappa shape index (κ2) is 5.61. The van der Waals surface area contributed by atoms with Crippen LogP contribution in [0.25, 0.3) is 0 Å². The smallest absolute Gasteiger partial charge is 0.139 e. The molecule has 0 aliphatic heterocycles. The van der Waals surface area contributed by atoms with Gasteiger partial charge in [0.15, 0.2) is 0 Å². The molecule has 6 heteroatoms. The molecule has 0 spiro atoms. The summed E-state index contributed by atoms with van der Waals surface area (Å²) in [5.41, 5.74) is 0. The molecule has 0 heterocycles. The predicted octanol–water partition coefficient (Wildman–Crippen LogP) is -2.60. The zero-order valence-corrected chi connectivity index (χ0v) is 6.74. The molecule has 0 amide bonds. The summed E-state index contributed by atoms with van der Waals surface area (Å²) in [4.78, 5) is 10.2. The topological polar surface area (TPSA) is 122 Å². The van der Waals surface area contributed by atoms with E-state index in [0.29, 0.717) is 0 Å². The number of nitriles is 1. The number of carbonyl (C=O) groups is 1. The predicted molar refractivity (Wildman–Crippen MR) is 40.3 cm³/mol. The number of hydrogen-bond donors (Lipinski definition) is 4. The first-order valence-electron chi connectivity index (χ1n) is 3.58. The fourth-order valence-corrected chi connectivity index (χ4v) is 0.735. The molecule has 0 aromatic carbocycles. The normalized spacial score (nSPS) is 19.6. The number of aliphatic hydroxyl groups is 4. The molecule has 0 rings (SSSR count). The van der Waals surface area contributed by atoms with E-state index >= 15 is 0 Å². The molecule has 0 aliphatic rings. The van der Waals surface area contributed by atoms with E-state index in [1.807, 2.05) is 0 Å². The van der Waals surface area contributed by atoms with Gasteiger partial charge >= 0.3 is 0 Å². The third-order valence-electron chi connectivity index (χ3n) is 1.59. The lowest BCUT2D eigenvalue weighted by Gasteiger charge is -2.21. The third kappa shape index (κ3) is 3.08. The van der Waals surface area contributed by atoms with Gasteiger partial charge in [0.05, 0.1) is 12.7 Å². The number of hydrogen-bond acceptors (Lipinski definition) is 6. The van der Waals surface area contributed by atoms with Gasteiger partial charge in [-0.2, -0.15) is 5.26 Å². The zero-order valence-electron chi connectivity index (χ0n) is 6.74. The second-order valence-electron chi connectivity index (χ2n) is 2.52. The van der Waals surface area contributed by atoms with E-state index in [-0.39, 0.29) is 6.29 Å². The zero-order chi connectivity index (χ0) is 10.4. The Balaban J connectivity index is 4.32. The summed E-state index contributed by atoms with van der Waals surface area (Å²) in [6.07, 6.45) is -4.80. The van der Waals surface area contributed by atoms with Gasteiger partial charge in [0.1, 0.15) is 30.5 Å². The van der Waals surface area contributed by atoms with Crippen molar-refractivity contribution in [2.75, 3.05) is 6.61 Å². The van der Waals surface area contributed by atoms with Crippen molar-refractivity contribution in [1.82, 2.24) is 0 Å². The molecule has 0 aliphatic carbocycles. The quantitative estimate of drug-likeness (QED) is 0.352. The summed E-state index contributed by atoms with van der Waals surface area (Å²) in [7, 11) is 0. The first kappa shape index (κ1) is 12.0. The Morgan fingerprint density at radius 2 is 1.85 bits per heavy atom. The van der Waals surface area contributed by atoms with Crippen LogP contribution >= 0.6 is 0 Å². The van der Waals surface area contributed by atoms with Gasteiger partial charge in [0.2, 0.25) is 0 Å². The van der Waals surface area contributed by atoms with Crippen molar-refractivity contribution in [2.45, 2.75) is 18.3 Å². The first-order valence-corrected chi connectivity index (χ1v) is 3.58. The molecule has 74 valence electrons. The molecule has 0 aromatic rings. The Labute approximate surface area is 74.7 Å². The lowest BCUT2D eigenvalue weighted by molar-refractivity contribution is -0.120. The second-order valence-corrected chi connectivity index (χ2v) is 2.52. The number of rotatable bonds is 5. The molecule has 0 saturated heterocycles. The lowest BCUT2D eigenvalue weighted by Crippen LogP contribution is -2.43. The van der Waals surface area contributed by atoms with Gasteiger partial charge in [-0.1, -0.05) is 0 Å². The fraction of sp³-hybridized carbons (Fsp3) is 0.714. The Bertz CT molecular complexity index is 202. The van der Waals surface area contributed by atoms with Crippen molar-refractivity contribution >= 4 is 6.29 Å². The van der Waals surface area contributed by atoms with Crippen molar-refractivity contribution in [3.05, 3.63) is 0 Å². The molecule has 0 saturated carbocycles. The third-order valence-corrected chi connectivity index (χ3v) is 1.59. The van der Waals surface area contributed by atoms with E-state index in [9.17, 15) is 4.79 Å². The minimum atomic E-state index is -1.71. The van der Waals surface area contributed by atoms with Gasteiger partial charge in [0.25, 0.3) is 0 Å². The van der Waals surface area contributed by atoms with Gasteiger partial charge in [-0.25, -0.2) is 0 Å². The van der Waals surface area contributed by atoms with E-state index in [1.165, 1.54) is 6.07 Å². The average Bonchev–Trinajstić information content (AvgIpc) is 2.17. The van der Waals surface area contributed by atoms with Crippen LogP contribution in [0.5, 0.6) is 0 Å². The molecule has 0 bridgehead atoms. The summed E-state index contributed by atoms with van der Waals surface area (Å²) < 4.78 is 0. The number of aliphatic hydroxyl groups excluding tert-OH is 4. The number of aldehydes is 1. The highest BCUT2D eigenvalue weighted by Gasteiger charge is 2.30. The summed E-state index contributed by atoms with van der Waals surface area (Å²) in [5, 5.41) is 43.7. The van der Waals surface area contributed by atoms with Gasteiger partial charge < -0.3 is 25.2 Å². The standard InChI is InChI=1S/C7H11NO5/c8-1-4(2-9)6(12)7(13)5(11)3-10/h2,4-7,10-13H,3H2/t4-,5+,6+,7+/m0/s1. The van der Waals surface area contributed by atoms with Crippen molar-refractivity contribution in [1.29, 1.82) is 5.26 Å². The van der Waals surface area contributed by atoms with Crippen molar-refractivity contribution in [2.24, 2.45) is 5.92 Å². The summed E-state index contributed by atoms with van der Waals surface area (Å²) >= 11 is 0. The summed E-state index contributed by atoms with van der Waals surface area (Å²) in [6.45, 7) is -0.755. The molecular formula is C7H11NO5. The van der Waals surface area contributed by atoms with Crippen LogP contribution in [0.15, 0.2) is 0 Å². The summed E-state index contributed by atoms with van der Waals surface area (Å²) in [6, 6.07) is 1.44. The van der Waals surface area contributed by atoms with Crippen LogP contribution in [-0.2, 0) is 4.79 Å². The largest absolute Gasteiger partial charge is 0.394 e. The van der Waals surface area contributed by atoms with E-state index in [2.05, 4.69) is 0 Å². The Hall–Kier alpha value is -1.00. The maximum atomic E-state index is 10.2. The van der Waals surface area contributed by atoms with E-state index in [1.54, 1.807) is 0 Å². The first-order chi connectivity index (χ1) is 6.08. The monoisotopic (exact) mass is 189 g/mol. The number of carbonyl (C=O) groups excluding carboxylic acids is 1. The van der Waals surface area contributed by atoms with Gasteiger partial charge in [-0.15, -0.1) is 0 Å².